The molecule has 0 radical (unpaired) electrons. The summed E-state index contributed by atoms with van der Waals surface area (Å²) in [5.74, 6) is 0.748. The van der Waals surface area contributed by atoms with E-state index in [1.165, 1.54) is 13.2 Å². The minimum Gasteiger partial charge on any atom is -0.383 e. The third-order valence-electron chi connectivity index (χ3n) is 4.47. The van der Waals surface area contributed by atoms with Crippen LogP contribution in [-0.2, 0) is 20.3 Å². The predicted molar refractivity (Wildman–Crippen MR) is 98.5 cm³/mol. The monoisotopic (exact) mass is 402 g/mol. The molecule has 1 aromatic heterocycles. The molecule has 1 saturated carbocycles. The number of nitrogens with zero attached hydrogens (tertiary/aromatic N) is 2. The van der Waals surface area contributed by atoms with Crippen LogP contribution >= 0.6 is 12.4 Å². The molecule has 0 amide bonds. The molecular weight excluding hydrogens is 380 g/mol. The lowest BCUT2D eigenvalue weighted by Gasteiger charge is -2.34. The first-order valence-corrected chi connectivity index (χ1v) is 9.57. The zero-order valence-electron chi connectivity index (χ0n) is 14.7. The Labute approximate surface area is 159 Å². The number of nitrogens with two attached hydrogens (primary N) is 1. The summed E-state index contributed by atoms with van der Waals surface area (Å²) in [7, 11) is -2.13. The number of hydrogen-bond acceptors (Lipinski definition) is 7. The normalized spacial score (nSPS) is 16.0. The predicted octanol–water partition coefficient (Wildman–Crippen LogP) is 1.73. The molecule has 1 aromatic carbocycles. The highest BCUT2D eigenvalue weighted by molar-refractivity contribution is 7.89. The number of methoxy groups -OCH3 is 1. The molecule has 2 aromatic rings. The van der Waals surface area contributed by atoms with Crippen LogP contribution in [-0.4, -0.2) is 38.8 Å². The summed E-state index contributed by atoms with van der Waals surface area (Å²) in [6.07, 6.45) is 2.69. The largest absolute Gasteiger partial charge is 0.383 e. The van der Waals surface area contributed by atoms with Gasteiger partial charge in [0, 0.05) is 19.2 Å². The van der Waals surface area contributed by atoms with E-state index >= 15 is 0 Å². The number of aryl methyl sites for hydroxylation is 1. The van der Waals surface area contributed by atoms with E-state index in [2.05, 4.69) is 14.9 Å². The van der Waals surface area contributed by atoms with Crippen molar-refractivity contribution >= 4 is 22.4 Å². The molecule has 1 heterocycles. The van der Waals surface area contributed by atoms with Crippen molar-refractivity contribution in [2.45, 2.75) is 36.6 Å². The number of nitrogens with one attached hydrogen (secondary N) is 1. The third-order valence-corrected chi connectivity index (χ3v) is 5.92. The average molecular weight is 403 g/mol. The summed E-state index contributed by atoms with van der Waals surface area (Å²) in [6, 6.07) is 4.79. The molecule has 0 spiro atoms. The molecule has 1 aliphatic carbocycles. The van der Waals surface area contributed by atoms with Crippen LogP contribution in [0.15, 0.2) is 27.6 Å². The summed E-state index contributed by atoms with van der Waals surface area (Å²) in [5.41, 5.74) is 7.11. The van der Waals surface area contributed by atoms with Crippen molar-refractivity contribution in [1.82, 2.24) is 14.9 Å². The van der Waals surface area contributed by atoms with Gasteiger partial charge in [-0.2, -0.15) is 4.98 Å². The van der Waals surface area contributed by atoms with Gasteiger partial charge in [0.1, 0.15) is 0 Å². The molecule has 0 bridgehead atoms. The Balaban J connectivity index is 0.00000243. The fraction of sp³-hybridized carbons (Fsp3) is 0.500. The van der Waals surface area contributed by atoms with Gasteiger partial charge in [0.25, 0.3) is 5.89 Å². The maximum Gasteiger partial charge on any atom is 0.258 e. The minimum absolute atomic E-state index is 0. The first-order valence-electron chi connectivity index (χ1n) is 8.08. The minimum atomic E-state index is -3.64. The van der Waals surface area contributed by atoms with Crippen LogP contribution < -0.4 is 10.5 Å². The summed E-state index contributed by atoms with van der Waals surface area (Å²) in [5, 5.41) is 3.99. The average Bonchev–Trinajstić information content (AvgIpc) is 3.03. The van der Waals surface area contributed by atoms with E-state index in [-0.39, 0.29) is 29.7 Å². The summed E-state index contributed by atoms with van der Waals surface area (Å²) < 4.78 is 37.4. The number of sulfonamides is 1. The van der Waals surface area contributed by atoms with E-state index in [0.29, 0.717) is 18.0 Å². The Morgan fingerprint density at radius 2 is 2.12 bits per heavy atom. The van der Waals surface area contributed by atoms with Crippen LogP contribution in [0.4, 0.5) is 0 Å². The Hall–Kier alpha value is -1.52. The topological polar surface area (TPSA) is 120 Å². The molecule has 144 valence electrons. The van der Waals surface area contributed by atoms with Gasteiger partial charge < -0.3 is 15.0 Å². The van der Waals surface area contributed by atoms with Gasteiger partial charge in [-0.3, -0.25) is 0 Å². The highest BCUT2D eigenvalue weighted by Gasteiger charge is 2.39. The molecule has 0 atom stereocenters. The summed E-state index contributed by atoms with van der Waals surface area (Å²) in [4.78, 5) is 4.53. The maximum atomic E-state index is 12.4. The molecule has 1 fully saturated rings. The van der Waals surface area contributed by atoms with Gasteiger partial charge in [0.15, 0.2) is 5.82 Å². The fourth-order valence-corrected chi connectivity index (χ4v) is 3.72. The molecule has 0 aliphatic heterocycles. The molecule has 8 nitrogen and oxygen atoms in total. The standard InChI is InChI=1S/C16H22N4O4S.ClH/c1-11-4-5-12(25(21,22)18-8-9-23-2)10-13(11)14-19-15(20-24-14)16(17)6-3-7-16;/h4-5,10,18H,3,6-9,17H2,1-2H3;1H. The molecular formula is C16H23ClN4O4S. The second-order valence-electron chi connectivity index (χ2n) is 6.30. The van der Waals surface area contributed by atoms with Gasteiger partial charge in [0.2, 0.25) is 10.0 Å². The van der Waals surface area contributed by atoms with Crippen LogP contribution in [0.5, 0.6) is 0 Å². The molecule has 0 unspecified atom stereocenters. The van der Waals surface area contributed by atoms with Crippen LogP contribution in [0.25, 0.3) is 11.5 Å². The second-order valence-corrected chi connectivity index (χ2v) is 8.07. The molecule has 10 heteroatoms. The van der Waals surface area contributed by atoms with E-state index in [4.69, 9.17) is 15.0 Å². The van der Waals surface area contributed by atoms with Gasteiger partial charge in [-0.1, -0.05) is 11.2 Å². The third kappa shape index (κ3) is 4.07. The first kappa shape index (κ1) is 20.8. The Morgan fingerprint density at radius 3 is 2.73 bits per heavy atom. The number of rotatable bonds is 7. The summed E-state index contributed by atoms with van der Waals surface area (Å²) >= 11 is 0. The van der Waals surface area contributed by atoms with Crippen molar-refractivity contribution in [3.8, 4) is 11.5 Å². The quantitative estimate of drug-likeness (QED) is 0.676. The van der Waals surface area contributed by atoms with E-state index in [0.717, 1.165) is 24.8 Å². The number of halogens is 1. The number of ether oxygens (including phenoxy) is 1. The van der Waals surface area contributed by atoms with Crippen molar-refractivity contribution in [1.29, 1.82) is 0 Å². The number of hydrogen-bond donors (Lipinski definition) is 2. The lowest BCUT2D eigenvalue weighted by molar-refractivity contribution is 0.204. The van der Waals surface area contributed by atoms with E-state index in [9.17, 15) is 8.42 Å². The van der Waals surface area contributed by atoms with Crippen LogP contribution in [0.3, 0.4) is 0 Å². The van der Waals surface area contributed by atoms with Crippen LogP contribution in [0, 0.1) is 6.92 Å². The van der Waals surface area contributed by atoms with Crippen molar-refractivity contribution in [3.63, 3.8) is 0 Å². The van der Waals surface area contributed by atoms with Crippen LogP contribution in [0.1, 0.15) is 30.7 Å². The first-order chi connectivity index (χ1) is 11.9. The van der Waals surface area contributed by atoms with Crippen molar-refractivity contribution in [2.75, 3.05) is 20.3 Å². The number of aromatic nitrogens is 2. The fourth-order valence-electron chi connectivity index (χ4n) is 2.68. The lowest BCUT2D eigenvalue weighted by atomic mass is 9.77. The van der Waals surface area contributed by atoms with Gasteiger partial charge in [-0.05, 0) is 43.9 Å². The van der Waals surface area contributed by atoms with E-state index < -0.39 is 15.6 Å². The Kier molecular flexibility index (Phi) is 6.41. The zero-order valence-corrected chi connectivity index (χ0v) is 16.3. The summed E-state index contributed by atoms with van der Waals surface area (Å²) in [6.45, 7) is 2.35. The van der Waals surface area contributed by atoms with Gasteiger partial charge in [-0.25, -0.2) is 13.1 Å². The van der Waals surface area contributed by atoms with Crippen molar-refractivity contribution in [2.24, 2.45) is 5.73 Å². The van der Waals surface area contributed by atoms with Crippen molar-refractivity contribution < 1.29 is 17.7 Å². The Bertz CT molecular complexity index is 865. The number of benzene rings is 1. The molecule has 1 aliphatic rings. The molecule has 0 saturated heterocycles. The Morgan fingerprint density at radius 1 is 1.38 bits per heavy atom. The highest BCUT2D eigenvalue weighted by atomic mass is 35.5. The zero-order chi connectivity index (χ0) is 18.1. The van der Waals surface area contributed by atoms with Gasteiger partial charge in [-0.15, -0.1) is 12.4 Å². The second kappa shape index (κ2) is 8.01. The van der Waals surface area contributed by atoms with E-state index in [1.807, 2.05) is 6.92 Å². The molecule has 3 N–H and O–H groups in total. The SMILES string of the molecule is COCCNS(=O)(=O)c1ccc(C)c(-c2nc(C3(N)CCC3)no2)c1.Cl. The van der Waals surface area contributed by atoms with Crippen LogP contribution in [0.2, 0.25) is 0 Å². The van der Waals surface area contributed by atoms with E-state index in [1.54, 1.807) is 12.1 Å². The van der Waals surface area contributed by atoms with Crippen molar-refractivity contribution in [3.05, 3.63) is 29.6 Å². The highest BCUT2D eigenvalue weighted by Crippen LogP contribution is 2.38. The smallest absolute Gasteiger partial charge is 0.258 e. The maximum absolute atomic E-state index is 12.4. The molecule has 3 rings (SSSR count). The lowest BCUT2D eigenvalue weighted by Crippen LogP contribution is -2.44. The van der Waals surface area contributed by atoms with Gasteiger partial charge >= 0.3 is 0 Å². The molecule has 26 heavy (non-hydrogen) atoms. The van der Waals surface area contributed by atoms with Gasteiger partial charge in [0.05, 0.1) is 17.0 Å².